The number of piperidine rings is 1. The molecule has 2 nitrogen and oxygen atoms in total. The SMILES string of the molecule is CC(N)Cc1ccc(Br)cc1N1CC2CCC1C2. The monoisotopic (exact) mass is 308 g/mol. The van der Waals surface area contributed by atoms with Crippen molar-refractivity contribution in [1.82, 2.24) is 0 Å². The quantitative estimate of drug-likeness (QED) is 0.928. The fourth-order valence-corrected chi connectivity index (χ4v) is 3.89. The third-order valence-corrected chi connectivity index (χ3v) is 4.80. The standard InChI is InChI=1S/C15H21BrN2/c1-10(17)6-12-3-4-13(16)8-15(12)18-9-11-2-5-14(18)7-11/h3-4,8,10-11,14H,2,5-7,9,17H2,1H3. The lowest BCUT2D eigenvalue weighted by Gasteiger charge is -2.31. The maximum Gasteiger partial charge on any atom is 0.0413 e. The van der Waals surface area contributed by atoms with E-state index < -0.39 is 0 Å². The van der Waals surface area contributed by atoms with Crippen LogP contribution in [0.1, 0.15) is 31.7 Å². The smallest absolute Gasteiger partial charge is 0.0413 e. The van der Waals surface area contributed by atoms with E-state index in [1.165, 1.54) is 41.5 Å². The average molecular weight is 309 g/mol. The molecule has 0 aromatic heterocycles. The van der Waals surface area contributed by atoms with Crippen LogP contribution in [0.5, 0.6) is 0 Å². The molecule has 2 fully saturated rings. The number of nitrogens with zero attached hydrogens (tertiary/aromatic N) is 1. The van der Waals surface area contributed by atoms with Gasteiger partial charge in [-0.2, -0.15) is 0 Å². The summed E-state index contributed by atoms with van der Waals surface area (Å²) in [6.45, 7) is 3.33. The Labute approximate surface area is 118 Å². The molecule has 1 heterocycles. The minimum Gasteiger partial charge on any atom is -0.368 e. The van der Waals surface area contributed by atoms with E-state index in [1.807, 2.05) is 0 Å². The van der Waals surface area contributed by atoms with Crippen molar-refractivity contribution < 1.29 is 0 Å². The Morgan fingerprint density at radius 1 is 1.44 bits per heavy atom. The summed E-state index contributed by atoms with van der Waals surface area (Å²) in [4.78, 5) is 2.62. The molecule has 18 heavy (non-hydrogen) atoms. The predicted octanol–water partition coefficient (Wildman–Crippen LogP) is 3.33. The van der Waals surface area contributed by atoms with Crippen LogP contribution in [0.4, 0.5) is 5.69 Å². The Hall–Kier alpha value is -0.540. The zero-order valence-electron chi connectivity index (χ0n) is 10.9. The normalized spacial score (nSPS) is 27.8. The van der Waals surface area contributed by atoms with E-state index in [-0.39, 0.29) is 6.04 Å². The summed E-state index contributed by atoms with van der Waals surface area (Å²) in [7, 11) is 0. The summed E-state index contributed by atoms with van der Waals surface area (Å²) in [6.07, 6.45) is 5.16. The first-order chi connectivity index (χ1) is 8.63. The average Bonchev–Trinajstić information content (AvgIpc) is 2.92. The van der Waals surface area contributed by atoms with E-state index in [2.05, 4.69) is 46.0 Å². The second-order valence-electron chi connectivity index (χ2n) is 5.94. The van der Waals surface area contributed by atoms with E-state index in [9.17, 15) is 0 Å². The summed E-state index contributed by atoms with van der Waals surface area (Å²) >= 11 is 3.60. The van der Waals surface area contributed by atoms with Gasteiger partial charge >= 0.3 is 0 Å². The molecule has 1 aliphatic carbocycles. The number of nitrogens with two attached hydrogens (primary N) is 1. The molecule has 1 aromatic carbocycles. The number of rotatable bonds is 3. The van der Waals surface area contributed by atoms with Crippen molar-refractivity contribution in [3.05, 3.63) is 28.2 Å². The highest BCUT2D eigenvalue weighted by Gasteiger charge is 2.38. The van der Waals surface area contributed by atoms with Gasteiger partial charge in [-0.05, 0) is 56.2 Å². The van der Waals surface area contributed by atoms with Gasteiger partial charge in [0.15, 0.2) is 0 Å². The summed E-state index contributed by atoms with van der Waals surface area (Å²) in [5.41, 5.74) is 8.79. The molecule has 3 heteroatoms. The molecule has 0 amide bonds. The first kappa shape index (κ1) is 12.5. The van der Waals surface area contributed by atoms with Crippen molar-refractivity contribution in [2.24, 2.45) is 11.7 Å². The van der Waals surface area contributed by atoms with Gasteiger partial charge in [0.1, 0.15) is 0 Å². The molecule has 98 valence electrons. The maximum atomic E-state index is 5.98. The molecule has 0 radical (unpaired) electrons. The van der Waals surface area contributed by atoms with Gasteiger partial charge in [-0.3, -0.25) is 0 Å². The fraction of sp³-hybridized carbons (Fsp3) is 0.600. The zero-order valence-corrected chi connectivity index (χ0v) is 12.5. The second-order valence-corrected chi connectivity index (χ2v) is 6.86. The Balaban J connectivity index is 1.91. The zero-order chi connectivity index (χ0) is 12.7. The molecular weight excluding hydrogens is 288 g/mol. The van der Waals surface area contributed by atoms with Crippen LogP contribution in [0.15, 0.2) is 22.7 Å². The first-order valence-corrected chi connectivity index (χ1v) is 7.73. The lowest BCUT2D eigenvalue weighted by atomic mass is 10.0. The fourth-order valence-electron chi connectivity index (χ4n) is 3.54. The molecule has 0 spiro atoms. The van der Waals surface area contributed by atoms with E-state index in [0.29, 0.717) is 0 Å². The Morgan fingerprint density at radius 2 is 2.28 bits per heavy atom. The van der Waals surface area contributed by atoms with E-state index in [0.717, 1.165) is 18.4 Å². The summed E-state index contributed by atoms with van der Waals surface area (Å²) in [6, 6.07) is 7.64. The van der Waals surface area contributed by atoms with Gasteiger partial charge in [-0.1, -0.05) is 22.0 Å². The van der Waals surface area contributed by atoms with Crippen molar-refractivity contribution in [3.8, 4) is 0 Å². The van der Waals surface area contributed by atoms with Crippen LogP contribution in [-0.2, 0) is 6.42 Å². The molecule has 1 saturated heterocycles. The molecule has 2 bridgehead atoms. The van der Waals surface area contributed by atoms with Gasteiger partial charge < -0.3 is 10.6 Å². The molecule has 3 rings (SSSR count). The first-order valence-electron chi connectivity index (χ1n) is 6.94. The number of benzene rings is 1. The summed E-state index contributed by atoms with van der Waals surface area (Å²) in [5, 5.41) is 0. The van der Waals surface area contributed by atoms with Crippen molar-refractivity contribution in [2.45, 2.75) is 44.7 Å². The van der Waals surface area contributed by atoms with Crippen LogP contribution in [0, 0.1) is 5.92 Å². The minimum atomic E-state index is 0.227. The predicted molar refractivity (Wildman–Crippen MR) is 80.0 cm³/mol. The lowest BCUT2D eigenvalue weighted by Crippen LogP contribution is -2.33. The van der Waals surface area contributed by atoms with Gasteiger partial charge in [-0.25, -0.2) is 0 Å². The minimum absolute atomic E-state index is 0.227. The Bertz CT molecular complexity index is 444. The Morgan fingerprint density at radius 3 is 2.89 bits per heavy atom. The third kappa shape index (κ3) is 2.30. The molecule has 2 N–H and O–H groups in total. The van der Waals surface area contributed by atoms with Crippen LogP contribution in [0.25, 0.3) is 0 Å². The van der Waals surface area contributed by atoms with Crippen LogP contribution >= 0.6 is 15.9 Å². The van der Waals surface area contributed by atoms with Crippen LogP contribution in [0.3, 0.4) is 0 Å². The van der Waals surface area contributed by atoms with Crippen LogP contribution in [0.2, 0.25) is 0 Å². The largest absolute Gasteiger partial charge is 0.368 e. The molecule has 3 atom stereocenters. The number of anilines is 1. The van der Waals surface area contributed by atoms with Crippen molar-refractivity contribution >= 4 is 21.6 Å². The number of halogens is 1. The number of fused-ring (bicyclic) bond motifs is 2. The number of hydrogen-bond acceptors (Lipinski definition) is 2. The topological polar surface area (TPSA) is 29.3 Å². The van der Waals surface area contributed by atoms with E-state index in [1.54, 1.807) is 0 Å². The highest BCUT2D eigenvalue weighted by Crippen LogP contribution is 2.42. The van der Waals surface area contributed by atoms with Gasteiger partial charge in [0.2, 0.25) is 0 Å². The lowest BCUT2D eigenvalue weighted by molar-refractivity contribution is 0.552. The molecule has 1 aromatic rings. The highest BCUT2D eigenvalue weighted by molar-refractivity contribution is 9.10. The molecular formula is C15H21BrN2. The van der Waals surface area contributed by atoms with E-state index >= 15 is 0 Å². The van der Waals surface area contributed by atoms with Gasteiger partial charge in [-0.15, -0.1) is 0 Å². The van der Waals surface area contributed by atoms with E-state index in [4.69, 9.17) is 5.73 Å². The van der Waals surface area contributed by atoms with Gasteiger partial charge in [0.05, 0.1) is 0 Å². The van der Waals surface area contributed by atoms with Crippen LogP contribution < -0.4 is 10.6 Å². The van der Waals surface area contributed by atoms with Crippen molar-refractivity contribution in [1.29, 1.82) is 0 Å². The van der Waals surface area contributed by atoms with Crippen molar-refractivity contribution in [3.63, 3.8) is 0 Å². The Kier molecular flexibility index (Phi) is 3.37. The molecule has 2 aliphatic rings. The highest BCUT2D eigenvalue weighted by atomic mass is 79.9. The second kappa shape index (κ2) is 4.86. The van der Waals surface area contributed by atoms with Gasteiger partial charge in [0, 0.05) is 28.8 Å². The van der Waals surface area contributed by atoms with Crippen LogP contribution in [-0.4, -0.2) is 18.6 Å². The van der Waals surface area contributed by atoms with Gasteiger partial charge in [0.25, 0.3) is 0 Å². The van der Waals surface area contributed by atoms with Crippen molar-refractivity contribution in [2.75, 3.05) is 11.4 Å². The third-order valence-electron chi connectivity index (χ3n) is 4.31. The molecule has 3 unspecified atom stereocenters. The summed E-state index contributed by atoms with van der Waals surface area (Å²) < 4.78 is 1.17. The summed E-state index contributed by atoms with van der Waals surface area (Å²) in [5.74, 6) is 0.928. The number of hydrogen-bond donors (Lipinski definition) is 1. The molecule has 1 aliphatic heterocycles. The molecule has 1 saturated carbocycles. The maximum absolute atomic E-state index is 5.98.